The van der Waals surface area contributed by atoms with Gasteiger partial charge in [0, 0.05) is 26.1 Å². The smallest absolute Gasteiger partial charge is 0.136 e. The van der Waals surface area contributed by atoms with E-state index in [1.54, 1.807) is 7.11 Å². The second-order valence-electron chi connectivity index (χ2n) is 5.75. The van der Waals surface area contributed by atoms with Crippen molar-refractivity contribution in [2.45, 2.75) is 66.2 Å². The maximum absolute atomic E-state index is 12.2. The first-order valence-corrected chi connectivity index (χ1v) is 7.58. The second kappa shape index (κ2) is 10.5. The molecule has 0 spiro atoms. The van der Waals surface area contributed by atoms with Crippen molar-refractivity contribution >= 4 is 5.78 Å². The number of rotatable bonds is 11. The molecule has 0 bridgehead atoms. The van der Waals surface area contributed by atoms with Crippen LogP contribution < -0.4 is 0 Å². The van der Waals surface area contributed by atoms with Gasteiger partial charge in [0.1, 0.15) is 5.78 Å². The standard InChI is InChI=1S/C16H32O2/c1-6-8-14(12-18-5)10-11-16(17)15(9-7-2)13(3)4/h13-15H,6-12H2,1-5H3. The molecule has 2 nitrogen and oxygen atoms in total. The third kappa shape index (κ3) is 7.15. The summed E-state index contributed by atoms with van der Waals surface area (Å²) in [5.41, 5.74) is 0. The number of methoxy groups -OCH3 is 1. The molecule has 0 amide bonds. The van der Waals surface area contributed by atoms with Crippen molar-refractivity contribution < 1.29 is 9.53 Å². The lowest BCUT2D eigenvalue weighted by Crippen LogP contribution is -2.21. The van der Waals surface area contributed by atoms with E-state index in [0.29, 0.717) is 17.6 Å². The molecule has 0 heterocycles. The van der Waals surface area contributed by atoms with Crippen molar-refractivity contribution in [3.8, 4) is 0 Å². The van der Waals surface area contributed by atoms with Gasteiger partial charge in [0.05, 0.1) is 0 Å². The molecular weight excluding hydrogens is 224 g/mol. The highest BCUT2D eigenvalue weighted by molar-refractivity contribution is 5.81. The Kier molecular flexibility index (Phi) is 10.3. The van der Waals surface area contributed by atoms with Crippen LogP contribution in [0.4, 0.5) is 0 Å². The van der Waals surface area contributed by atoms with Crippen LogP contribution in [0.2, 0.25) is 0 Å². The summed E-state index contributed by atoms with van der Waals surface area (Å²) >= 11 is 0. The first kappa shape index (κ1) is 17.6. The van der Waals surface area contributed by atoms with Gasteiger partial charge in [-0.05, 0) is 31.1 Å². The van der Waals surface area contributed by atoms with E-state index in [0.717, 1.165) is 32.3 Å². The van der Waals surface area contributed by atoms with E-state index in [1.807, 2.05) is 0 Å². The van der Waals surface area contributed by atoms with Gasteiger partial charge in [-0.3, -0.25) is 4.79 Å². The molecule has 2 atom stereocenters. The lowest BCUT2D eigenvalue weighted by Gasteiger charge is -2.20. The lowest BCUT2D eigenvalue weighted by molar-refractivity contribution is -0.124. The van der Waals surface area contributed by atoms with E-state index in [9.17, 15) is 4.79 Å². The monoisotopic (exact) mass is 256 g/mol. The zero-order chi connectivity index (χ0) is 14.0. The molecule has 0 fully saturated rings. The van der Waals surface area contributed by atoms with Crippen molar-refractivity contribution in [2.75, 3.05) is 13.7 Å². The fourth-order valence-corrected chi connectivity index (χ4v) is 2.66. The normalized spacial score (nSPS) is 14.8. The third-order valence-corrected chi connectivity index (χ3v) is 3.72. The van der Waals surface area contributed by atoms with Crippen molar-refractivity contribution in [3.05, 3.63) is 0 Å². The zero-order valence-corrected chi connectivity index (χ0v) is 13.0. The van der Waals surface area contributed by atoms with Crippen LogP contribution in [0.3, 0.4) is 0 Å². The van der Waals surface area contributed by atoms with Crippen LogP contribution in [-0.4, -0.2) is 19.5 Å². The molecule has 0 aliphatic heterocycles. The van der Waals surface area contributed by atoms with Crippen LogP contribution in [0.25, 0.3) is 0 Å². The van der Waals surface area contributed by atoms with Crippen LogP contribution >= 0.6 is 0 Å². The number of hydrogen-bond acceptors (Lipinski definition) is 2. The highest BCUT2D eigenvalue weighted by Gasteiger charge is 2.21. The summed E-state index contributed by atoms with van der Waals surface area (Å²) < 4.78 is 5.23. The minimum Gasteiger partial charge on any atom is -0.384 e. The number of carbonyl (C=O) groups excluding carboxylic acids is 1. The molecule has 108 valence electrons. The van der Waals surface area contributed by atoms with E-state index in [1.165, 1.54) is 12.8 Å². The summed E-state index contributed by atoms with van der Waals surface area (Å²) in [5.74, 6) is 1.76. The van der Waals surface area contributed by atoms with E-state index in [-0.39, 0.29) is 5.92 Å². The average molecular weight is 256 g/mol. The molecule has 0 saturated carbocycles. The Morgan fingerprint density at radius 2 is 1.67 bits per heavy atom. The largest absolute Gasteiger partial charge is 0.384 e. The first-order valence-electron chi connectivity index (χ1n) is 7.58. The maximum Gasteiger partial charge on any atom is 0.136 e. The van der Waals surface area contributed by atoms with Gasteiger partial charge in [-0.15, -0.1) is 0 Å². The summed E-state index contributed by atoms with van der Waals surface area (Å²) in [5, 5.41) is 0. The van der Waals surface area contributed by atoms with Gasteiger partial charge in [0.25, 0.3) is 0 Å². The number of carbonyl (C=O) groups is 1. The minimum atomic E-state index is 0.264. The lowest BCUT2D eigenvalue weighted by atomic mass is 9.84. The minimum absolute atomic E-state index is 0.264. The van der Waals surface area contributed by atoms with Gasteiger partial charge < -0.3 is 4.74 Å². The molecule has 0 aromatic carbocycles. The molecule has 0 rings (SSSR count). The van der Waals surface area contributed by atoms with Gasteiger partial charge in [0.15, 0.2) is 0 Å². The number of hydrogen-bond donors (Lipinski definition) is 0. The van der Waals surface area contributed by atoms with Gasteiger partial charge in [0.2, 0.25) is 0 Å². The number of ketones is 1. The summed E-state index contributed by atoms with van der Waals surface area (Å²) in [6.07, 6.45) is 6.21. The topological polar surface area (TPSA) is 26.3 Å². The molecule has 0 aromatic heterocycles. The Bertz CT molecular complexity index is 205. The quantitative estimate of drug-likeness (QED) is 0.545. The average Bonchev–Trinajstić information content (AvgIpc) is 2.32. The van der Waals surface area contributed by atoms with Crippen molar-refractivity contribution in [1.29, 1.82) is 0 Å². The van der Waals surface area contributed by atoms with Crippen LogP contribution in [0.1, 0.15) is 66.2 Å². The predicted octanol–water partition coefficient (Wildman–Crippen LogP) is 4.47. The molecule has 0 aliphatic rings. The van der Waals surface area contributed by atoms with E-state index in [2.05, 4.69) is 27.7 Å². The first-order chi connectivity index (χ1) is 8.56. The van der Waals surface area contributed by atoms with Gasteiger partial charge in [-0.2, -0.15) is 0 Å². The molecule has 0 saturated heterocycles. The van der Waals surface area contributed by atoms with Crippen LogP contribution in [0.15, 0.2) is 0 Å². The van der Waals surface area contributed by atoms with Gasteiger partial charge in [-0.1, -0.05) is 40.5 Å². The van der Waals surface area contributed by atoms with Crippen molar-refractivity contribution in [2.24, 2.45) is 17.8 Å². The molecule has 0 aliphatic carbocycles. The summed E-state index contributed by atoms with van der Waals surface area (Å²) in [7, 11) is 1.75. The molecular formula is C16H32O2. The van der Waals surface area contributed by atoms with E-state index < -0.39 is 0 Å². The molecule has 2 unspecified atom stereocenters. The summed E-state index contributed by atoms with van der Waals surface area (Å²) in [6, 6.07) is 0. The summed E-state index contributed by atoms with van der Waals surface area (Å²) in [4.78, 5) is 12.2. The Morgan fingerprint density at radius 1 is 1.06 bits per heavy atom. The van der Waals surface area contributed by atoms with Crippen LogP contribution in [0, 0.1) is 17.8 Å². The third-order valence-electron chi connectivity index (χ3n) is 3.72. The predicted molar refractivity (Wildman–Crippen MR) is 77.8 cm³/mol. The second-order valence-corrected chi connectivity index (χ2v) is 5.75. The van der Waals surface area contributed by atoms with Crippen molar-refractivity contribution in [1.82, 2.24) is 0 Å². The molecule has 18 heavy (non-hydrogen) atoms. The van der Waals surface area contributed by atoms with Gasteiger partial charge >= 0.3 is 0 Å². The molecule has 0 N–H and O–H groups in total. The van der Waals surface area contributed by atoms with E-state index >= 15 is 0 Å². The van der Waals surface area contributed by atoms with Gasteiger partial charge in [-0.25, -0.2) is 0 Å². The molecule has 0 radical (unpaired) electrons. The number of ether oxygens (including phenoxy) is 1. The fraction of sp³-hybridized carbons (Fsp3) is 0.938. The summed E-state index contributed by atoms with van der Waals surface area (Å²) in [6.45, 7) is 9.47. The Hall–Kier alpha value is -0.370. The van der Waals surface area contributed by atoms with E-state index in [4.69, 9.17) is 4.74 Å². The Morgan fingerprint density at radius 3 is 2.11 bits per heavy atom. The van der Waals surface area contributed by atoms with Crippen LogP contribution in [-0.2, 0) is 9.53 Å². The number of Topliss-reactive ketones (excluding diaryl/α,β-unsaturated/α-hetero) is 1. The van der Waals surface area contributed by atoms with Crippen LogP contribution in [0.5, 0.6) is 0 Å². The Labute approximate surface area is 113 Å². The zero-order valence-electron chi connectivity index (χ0n) is 13.0. The SMILES string of the molecule is CCCC(CCC(=O)C(CCC)C(C)C)COC. The fourth-order valence-electron chi connectivity index (χ4n) is 2.66. The molecule has 0 aromatic rings. The van der Waals surface area contributed by atoms with Crippen molar-refractivity contribution in [3.63, 3.8) is 0 Å². The maximum atomic E-state index is 12.2. The Balaban J connectivity index is 4.17. The highest BCUT2D eigenvalue weighted by Crippen LogP contribution is 2.22. The highest BCUT2D eigenvalue weighted by atomic mass is 16.5. The molecule has 2 heteroatoms.